The number of halogens is 1. The fourth-order valence-electron chi connectivity index (χ4n) is 1.98. The number of nitrogens with one attached hydrogen (secondary N) is 1. The minimum absolute atomic E-state index is 0.105. The summed E-state index contributed by atoms with van der Waals surface area (Å²) < 4.78 is 26.4. The number of hydrogen-bond donors (Lipinski definition) is 1. The number of alkyl halides is 1. The lowest BCUT2D eigenvalue weighted by Crippen LogP contribution is -2.45. The van der Waals surface area contributed by atoms with Gasteiger partial charge in [0.25, 0.3) is 0 Å². The summed E-state index contributed by atoms with van der Waals surface area (Å²) in [7, 11) is -3.46. The molecule has 1 aromatic rings. The highest BCUT2D eigenvalue weighted by molar-refractivity contribution is 7.89. The fourth-order valence-corrected chi connectivity index (χ4v) is 4.07. The molecule has 0 aromatic carbocycles. The van der Waals surface area contributed by atoms with Crippen LogP contribution in [0.4, 0.5) is 0 Å². The summed E-state index contributed by atoms with van der Waals surface area (Å²) in [6, 6.07) is 0.105. The van der Waals surface area contributed by atoms with Gasteiger partial charge in [-0.1, -0.05) is 6.42 Å². The predicted molar refractivity (Wildman–Crippen MR) is 65.6 cm³/mol. The molecule has 0 atom stereocenters. The van der Waals surface area contributed by atoms with E-state index in [0.29, 0.717) is 18.1 Å². The van der Waals surface area contributed by atoms with Gasteiger partial charge >= 0.3 is 0 Å². The minimum Gasteiger partial charge on any atom is -0.281 e. The number of sulfonamides is 1. The number of H-pyrrole nitrogens is 1. The molecule has 0 aliphatic heterocycles. The second kappa shape index (κ2) is 4.96. The molecule has 1 N–H and O–H groups in total. The summed E-state index contributed by atoms with van der Waals surface area (Å²) in [5.41, 5.74) is 0.573. The highest BCUT2D eigenvalue weighted by atomic mass is 35.5. The number of rotatable bonds is 5. The first kappa shape index (κ1) is 12.9. The third-order valence-electron chi connectivity index (χ3n) is 3.16. The molecule has 5 nitrogen and oxygen atoms in total. The van der Waals surface area contributed by atoms with Crippen molar-refractivity contribution >= 4 is 21.6 Å². The zero-order valence-corrected chi connectivity index (χ0v) is 11.3. The van der Waals surface area contributed by atoms with E-state index in [2.05, 4.69) is 10.2 Å². The van der Waals surface area contributed by atoms with Crippen LogP contribution >= 0.6 is 11.6 Å². The number of aromatic nitrogens is 2. The van der Waals surface area contributed by atoms with Gasteiger partial charge in [0.15, 0.2) is 0 Å². The molecule has 0 amide bonds. The number of aromatic amines is 1. The van der Waals surface area contributed by atoms with E-state index in [1.54, 1.807) is 6.92 Å². The molecule has 1 heterocycles. The average molecular weight is 278 g/mol. The van der Waals surface area contributed by atoms with Crippen LogP contribution in [0.1, 0.15) is 25.0 Å². The van der Waals surface area contributed by atoms with Gasteiger partial charge in [-0.2, -0.15) is 9.40 Å². The second-order valence-electron chi connectivity index (χ2n) is 4.25. The molecule has 1 aliphatic carbocycles. The lowest BCUT2D eigenvalue weighted by molar-refractivity contribution is 0.227. The Morgan fingerprint density at radius 3 is 2.71 bits per heavy atom. The van der Waals surface area contributed by atoms with E-state index < -0.39 is 10.0 Å². The summed E-state index contributed by atoms with van der Waals surface area (Å²) in [6.07, 6.45) is 4.30. The lowest BCUT2D eigenvalue weighted by Gasteiger charge is -2.35. The molecule has 1 fully saturated rings. The molecule has 2 rings (SSSR count). The van der Waals surface area contributed by atoms with Crippen LogP contribution < -0.4 is 0 Å². The Hall–Kier alpha value is -0.590. The van der Waals surface area contributed by atoms with Gasteiger partial charge in [0, 0.05) is 18.5 Å². The van der Waals surface area contributed by atoms with Gasteiger partial charge < -0.3 is 0 Å². The largest absolute Gasteiger partial charge is 0.281 e. The second-order valence-corrected chi connectivity index (χ2v) is 6.49. The van der Waals surface area contributed by atoms with Crippen molar-refractivity contribution in [2.24, 2.45) is 0 Å². The van der Waals surface area contributed by atoms with Gasteiger partial charge in [-0.3, -0.25) is 5.10 Å². The first-order valence-corrected chi connectivity index (χ1v) is 7.62. The molecule has 1 aromatic heterocycles. The molecule has 0 unspecified atom stereocenters. The van der Waals surface area contributed by atoms with Crippen molar-refractivity contribution in [3.63, 3.8) is 0 Å². The maximum Gasteiger partial charge on any atom is 0.246 e. The van der Waals surface area contributed by atoms with E-state index >= 15 is 0 Å². The molecule has 0 bridgehead atoms. The van der Waals surface area contributed by atoms with Crippen molar-refractivity contribution < 1.29 is 8.42 Å². The predicted octanol–water partition coefficient (Wildman–Crippen LogP) is 1.50. The van der Waals surface area contributed by atoms with Crippen molar-refractivity contribution in [1.82, 2.24) is 14.5 Å². The summed E-state index contributed by atoms with van der Waals surface area (Å²) in [4.78, 5) is 0.259. The minimum atomic E-state index is -3.46. The van der Waals surface area contributed by atoms with E-state index in [-0.39, 0.29) is 10.9 Å². The fraction of sp³-hybridized carbons (Fsp3) is 0.700. The quantitative estimate of drug-likeness (QED) is 0.830. The molecule has 1 saturated carbocycles. The van der Waals surface area contributed by atoms with Crippen molar-refractivity contribution in [2.45, 2.75) is 37.1 Å². The number of aryl methyl sites for hydroxylation is 1. The summed E-state index contributed by atoms with van der Waals surface area (Å²) in [5, 5.41) is 6.43. The molecule has 96 valence electrons. The van der Waals surface area contributed by atoms with Crippen molar-refractivity contribution in [1.29, 1.82) is 0 Å². The van der Waals surface area contributed by atoms with Crippen LogP contribution in [0.15, 0.2) is 11.1 Å². The Bertz CT molecular complexity index is 481. The highest BCUT2D eigenvalue weighted by Gasteiger charge is 2.35. The molecule has 7 heteroatoms. The highest BCUT2D eigenvalue weighted by Crippen LogP contribution is 2.30. The molecule has 17 heavy (non-hydrogen) atoms. The van der Waals surface area contributed by atoms with Crippen LogP contribution in [0.3, 0.4) is 0 Å². The zero-order chi connectivity index (χ0) is 12.5. The normalized spacial score (nSPS) is 17.4. The Kier molecular flexibility index (Phi) is 3.75. The average Bonchev–Trinajstić information content (AvgIpc) is 2.61. The Morgan fingerprint density at radius 1 is 1.59 bits per heavy atom. The topological polar surface area (TPSA) is 66.1 Å². The summed E-state index contributed by atoms with van der Waals surface area (Å²) in [6.45, 7) is 2.07. The van der Waals surface area contributed by atoms with E-state index in [1.165, 1.54) is 10.5 Å². The third kappa shape index (κ3) is 2.34. The van der Waals surface area contributed by atoms with E-state index in [4.69, 9.17) is 11.6 Å². The summed E-state index contributed by atoms with van der Waals surface area (Å²) >= 11 is 5.70. The SMILES string of the molecule is Cc1[nH]ncc1S(=O)(=O)N(CCCl)C1CCC1. The van der Waals surface area contributed by atoms with Crippen molar-refractivity contribution in [3.8, 4) is 0 Å². The van der Waals surface area contributed by atoms with E-state index in [9.17, 15) is 8.42 Å². The molecule has 1 aliphatic rings. The van der Waals surface area contributed by atoms with Crippen LogP contribution in [0.2, 0.25) is 0 Å². The Balaban J connectivity index is 2.31. The smallest absolute Gasteiger partial charge is 0.246 e. The molecular formula is C10H16ClN3O2S. The van der Waals surface area contributed by atoms with Crippen LogP contribution in [0, 0.1) is 6.92 Å². The van der Waals surface area contributed by atoms with Crippen molar-refractivity contribution in [2.75, 3.05) is 12.4 Å². The van der Waals surface area contributed by atoms with Gasteiger partial charge in [-0.05, 0) is 19.8 Å². The molecule has 0 spiro atoms. The summed E-state index contributed by atoms with van der Waals surface area (Å²) in [5.74, 6) is 0.312. The standard InChI is InChI=1S/C10H16ClN3O2S/c1-8-10(7-12-13-8)17(15,16)14(6-5-11)9-3-2-4-9/h7,9H,2-6H2,1H3,(H,12,13). The monoisotopic (exact) mass is 277 g/mol. The maximum atomic E-state index is 12.4. The van der Waals surface area contributed by atoms with Gasteiger partial charge in [-0.15, -0.1) is 11.6 Å². The first-order chi connectivity index (χ1) is 8.07. The maximum absolute atomic E-state index is 12.4. The first-order valence-electron chi connectivity index (χ1n) is 5.65. The third-order valence-corrected chi connectivity index (χ3v) is 5.39. The van der Waals surface area contributed by atoms with Gasteiger partial charge in [0.05, 0.1) is 11.9 Å². The van der Waals surface area contributed by atoms with Gasteiger partial charge in [0.1, 0.15) is 4.90 Å². The molecule has 0 saturated heterocycles. The zero-order valence-electron chi connectivity index (χ0n) is 9.69. The Labute approximate surface area is 106 Å². The van der Waals surface area contributed by atoms with Crippen LogP contribution in [-0.2, 0) is 10.0 Å². The van der Waals surface area contributed by atoms with Gasteiger partial charge in [-0.25, -0.2) is 8.42 Å². The Morgan fingerprint density at radius 2 is 2.29 bits per heavy atom. The molecule has 0 radical (unpaired) electrons. The van der Waals surface area contributed by atoms with Crippen LogP contribution in [0.25, 0.3) is 0 Å². The van der Waals surface area contributed by atoms with E-state index in [1.807, 2.05) is 0 Å². The van der Waals surface area contributed by atoms with E-state index in [0.717, 1.165) is 19.3 Å². The van der Waals surface area contributed by atoms with Gasteiger partial charge in [0.2, 0.25) is 10.0 Å². The van der Waals surface area contributed by atoms with Crippen molar-refractivity contribution in [3.05, 3.63) is 11.9 Å². The van der Waals surface area contributed by atoms with Crippen LogP contribution in [0.5, 0.6) is 0 Å². The number of nitrogens with zero attached hydrogens (tertiary/aromatic N) is 2. The van der Waals surface area contributed by atoms with Crippen LogP contribution in [-0.4, -0.2) is 41.4 Å². The number of hydrogen-bond acceptors (Lipinski definition) is 3. The molecular weight excluding hydrogens is 262 g/mol. The lowest BCUT2D eigenvalue weighted by atomic mass is 9.93.